The molecule has 17 heavy (non-hydrogen) atoms. The predicted molar refractivity (Wildman–Crippen MR) is 58.2 cm³/mol. The average molecular weight is 246 g/mol. The maximum atomic E-state index is 12.0. The summed E-state index contributed by atoms with van der Waals surface area (Å²) in [6.45, 7) is 0.362. The van der Waals surface area contributed by atoms with Gasteiger partial charge in [0.2, 0.25) is 5.91 Å². The molecule has 0 aromatic carbocycles. The van der Waals surface area contributed by atoms with Crippen molar-refractivity contribution in [1.82, 2.24) is 5.32 Å². The Morgan fingerprint density at radius 1 is 1.41 bits per heavy atom. The van der Waals surface area contributed by atoms with E-state index in [1.165, 1.54) is 0 Å². The lowest BCUT2D eigenvalue weighted by Crippen LogP contribution is -2.54. The number of carboxylic acid groups (broad SMARTS) is 1. The van der Waals surface area contributed by atoms with Crippen molar-refractivity contribution in [3.63, 3.8) is 0 Å². The second-order valence-corrected chi connectivity index (χ2v) is 4.14. The van der Waals surface area contributed by atoms with E-state index >= 15 is 0 Å². The molecule has 7 heteroatoms. The fourth-order valence-electron chi connectivity index (χ4n) is 1.78. The van der Waals surface area contributed by atoms with Gasteiger partial charge in [0.05, 0.1) is 12.0 Å². The maximum absolute atomic E-state index is 12.0. The van der Waals surface area contributed by atoms with Gasteiger partial charge in [0, 0.05) is 19.8 Å². The molecule has 1 amide bonds. The number of carbonyl (C=O) groups is 2. The summed E-state index contributed by atoms with van der Waals surface area (Å²) in [6.07, 6.45) is 0.931. The van der Waals surface area contributed by atoms with Gasteiger partial charge in [0.15, 0.2) is 0 Å². The molecule has 1 saturated heterocycles. The highest BCUT2D eigenvalue weighted by atomic mass is 16.5. The second kappa shape index (κ2) is 5.95. The van der Waals surface area contributed by atoms with Crippen molar-refractivity contribution in [3.8, 4) is 0 Å². The fraction of sp³-hybridized carbons (Fsp3) is 0.800. The van der Waals surface area contributed by atoms with Crippen molar-refractivity contribution >= 4 is 11.9 Å². The molecule has 0 bridgehead atoms. The molecule has 1 fully saturated rings. The van der Waals surface area contributed by atoms with Crippen LogP contribution >= 0.6 is 0 Å². The van der Waals surface area contributed by atoms with Crippen LogP contribution in [0, 0.1) is 5.41 Å². The molecule has 0 spiro atoms. The zero-order valence-electron chi connectivity index (χ0n) is 9.52. The van der Waals surface area contributed by atoms with Crippen LogP contribution in [-0.4, -0.2) is 54.5 Å². The van der Waals surface area contributed by atoms with E-state index in [0.29, 0.717) is 26.1 Å². The molecule has 98 valence electrons. The molecule has 7 nitrogen and oxygen atoms in total. The summed E-state index contributed by atoms with van der Waals surface area (Å²) >= 11 is 0. The molecule has 1 heterocycles. The molecule has 1 rings (SSSR count). The minimum atomic E-state index is -1.28. The van der Waals surface area contributed by atoms with Gasteiger partial charge in [-0.1, -0.05) is 0 Å². The van der Waals surface area contributed by atoms with Crippen molar-refractivity contribution in [2.24, 2.45) is 11.1 Å². The van der Waals surface area contributed by atoms with Crippen molar-refractivity contribution in [3.05, 3.63) is 0 Å². The molecule has 1 atom stereocenters. The first-order valence-corrected chi connectivity index (χ1v) is 5.48. The van der Waals surface area contributed by atoms with Crippen molar-refractivity contribution in [2.45, 2.75) is 18.9 Å². The van der Waals surface area contributed by atoms with Crippen LogP contribution < -0.4 is 11.1 Å². The van der Waals surface area contributed by atoms with Crippen LogP contribution in [0.5, 0.6) is 0 Å². The number of hydrogen-bond donors (Lipinski definition) is 4. The van der Waals surface area contributed by atoms with Crippen LogP contribution in [0.2, 0.25) is 0 Å². The Morgan fingerprint density at radius 2 is 2.00 bits per heavy atom. The van der Waals surface area contributed by atoms with E-state index in [9.17, 15) is 9.59 Å². The van der Waals surface area contributed by atoms with Gasteiger partial charge in [0.1, 0.15) is 6.04 Å². The van der Waals surface area contributed by atoms with Gasteiger partial charge in [-0.05, 0) is 12.8 Å². The minimum Gasteiger partial charge on any atom is -0.480 e. The van der Waals surface area contributed by atoms with Crippen molar-refractivity contribution in [2.75, 3.05) is 26.4 Å². The summed E-state index contributed by atoms with van der Waals surface area (Å²) in [5, 5.41) is 19.9. The Bertz CT molecular complexity index is 288. The van der Waals surface area contributed by atoms with Crippen molar-refractivity contribution in [1.29, 1.82) is 0 Å². The third-order valence-electron chi connectivity index (χ3n) is 3.11. The number of carbonyl (C=O) groups excluding carboxylic acids is 1. The Hall–Kier alpha value is -1.18. The third kappa shape index (κ3) is 3.15. The number of ether oxygens (including phenoxy) is 1. The number of hydrogen-bond acceptors (Lipinski definition) is 5. The number of nitrogens with one attached hydrogen (secondary N) is 1. The quantitative estimate of drug-likeness (QED) is 0.459. The second-order valence-electron chi connectivity index (χ2n) is 4.14. The van der Waals surface area contributed by atoms with Crippen LogP contribution in [0.15, 0.2) is 0 Å². The lowest BCUT2D eigenvalue weighted by Gasteiger charge is -2.35. The summed E-state index contributed by atoms with van der Waals surface area (Å²) in [4.78, 5) is 22.7. The van der Waals surface area contributed by atoms with Gasteiger partial charge in [-0.15, -0.1) is 0 Å². The maximum Gasteiger partial charge on any atom is 0.328 e. The molecule has 1 unspecified atom stereocenters. The van der Waals surface area contributed by atoms with Gasteiger partial charge in [-0.25, -0.2) is 4.79 Å². The highest BCUT2D eigenvalue weighted by Gasteiger charge is 2.40. The minimum absolute atomic E-state index is 0.139. The number of aliphatic hydroxyl groups is 1. The smallest absolute Gasteiger partial charge is 0.328 e. The van der Waals surface area contributed by atoms with Gasteiger partial charge in [-0.3, -0.25) is 4.79 Å². The topological polar surface area (TPSA) is 122 Å². The first-order chi connectivity index (χ1) is 8.05. The Morgan fingerprint density at radius 3 is 2.41 bits per heavy atom. The summed E-state index contributed by atoms with van der Waals surface area (Å²) in [7, 11) is 0. The van der Waals surface area contributed by atoms with E-state index in [2.05, 4.69) is 5.32 Å². The fourth-order valence-corrected chi connectivity index (χ4v) is 1.78. The number of aliphatic hydroxyl groups excluding tert-OH is 1. The molecule has 5 N–H and O–H groups in total. The first kappa shape index (κ1) is 13.9. The molecule has 0 aromatic heterocycles. The van der Waals surface area contributed by atoms with Gasteiger partial charge in [-0.2, -0.15) is 0 Å². The monoisotopic (exact) mass is 246 g/mol. The molecule has 1 aliphatic rings. The molecule has 0 aliphatic carbocycles. The Labute approximate surface area is 98.9 Å². The van der Waals surface area contributed by atoms with E-state index in [0.717, 1.165) is 0 Å². The van der Waals surface area contributed by atoms with Crippen LogP contribution in [-0.2, 0) is 14.3 Å². The van der Waals surface area contributed by atoms with E-state index in [-0.39, 0.29) is 6.54 Å². The zero-order chi connectivity index (χ0) is 12.9. The number of aliphatic carboxylic acids is 1. The van der Waals surface area contributed by atoms with Gasteiger partial charge >= 0.3 is 5.97 Å². The standard InChI is InChI=1S/C10H18N2O5/c11-6-10(1-3-17-4-2-10)9(16)12-7(5-13)8(14)15/h7,13H,1-6,11H2,(H,12,16)(H,14,15). The molecule has 0 radical (unpaired) electrons. The van der Waals surface area contributed by atoms with Crippen molar-refractivity contribution < 1.29 is 24.5 Å². The largest absolute Gasteiger partial charge is 0.480 e. The summed E-state index contributed by atoms with van der Waals surface area (Å²) in [6, 6.07) is -1.28. The molecule has 0 aromatic rings. The third-order valence-corrected chi connectivity index (χ3v) is 3.11. The summed E-state index contributed by atoms with van der Waals surface area (Å²) in [5.74, 6) is -1.69. The van der Waals surface area contributed by atoms with Crippen LogP contribution in [0.1, 0.15) is 12.8 Å². The van der Waals surface area contributed by atoms with Gasteiger partial charge in [0.25, 0.3) is 0 Å². The highest BCUT2D eigenvalue weighted by molar-refractivity contribution is 5.87. The number of carboxylic acids is 1. The first-order valence-electron chi connectivity index (χ1n) is 5.48. The van der Waals surface area contributed by atoms with E-state index in [1.807, 2.05) is 0 Å². The normalized spacial score (nSPS) is 20.6. The predicted octanol–water partition coefficient (Wildman–Crippen LogP) is -1.70. The Kier molecular flexibility index (Phi) is 4.86. The highest BCUT2D eigenvalue weighted by Crippen LogP contribution is 2.29. The van der Waals surface area contributed by atoms with Crippen LogP contribution in [0.25, 0.3) is 0 Å². The SMILES string of the molecule is NCC1(C(=O)NC(CO)C(=O)O)CCOCC1. The molecular weight excluding hydrogens is 228 g/mol. The number of rotatable bonds is 5. The average Bonchev–Trinajstić information content (AvgIpc) is 2.35. The van der Waals surface area contributed by atoms with Gasteiger partial charge < -0.3 is 26.0 Å². The van der Waals surface area contributed by atoms with E-state index in [4.69, 9.17) is 20.7 Å². The number of nitrogens with two attached hydrogens (primary N) is 1. The van der Waals surface area contributed by atoms with Crippen LogP contribution in [0.4, 0.5) is 0 Å². The molecular formula is C10H18N2O5. The van der Waals surface area contributed by atoms with E-state index in [1.54, 1.807) is 0 Å². The lowest BCUT2D eigenvalue weighted by molar-refractivity contribution is -0.146. The zero-order valence-corrected chi connectivity index (χ0v) is 9.52. The van der Waals surface area contributed by atoms with Crippen LogP contribution in [0.3, 0.4) is 0 Å². The Balaban J connectivity index is 2.68. The summed E-state index contributed by atoms with van der Waals surface area (Å²) in [5.41, 5.74) is 4.83. The number of amides is 1. The van der Waals surface area contributed by atoms with E-state index < -0.39 is 29.9 Å². The lowest BCUT2D eigenvalue weighted by atomic mass is 9.79. The molecule has 1 aliphatic heterocycles. The summed E-state index contributed by atoms with van der Waals surface area (Å²) < 4.78 is 5.15. The molecule has 0 saturated carbocycles.